The molecule has 0 atom stereocenters. The number of pyridine rings is 1. The molecule has 4 nitrogen and oxygen atoms in total. The first-order valence-corrected chi connectivity index (χ1v) is 7.33. The van der Waals surface area contributed by atoms with Gasteiger partial charge in [-0.1, -0.05) is 11.6 Å². The van der Waals surface area contributed by atoms with Gasteiger partial charge in [-0.2, -0.15) is 0 Å². The number of hydrogen-bond acceptors (Lipinski definition) is 3. The Morgan fingerprint density at radius 2 is 2.05 bits per heavy atom. The van der Waals surface area contributed by atoms with Gasteiger partial charge in [0.15, 0.2) is 0 Å². The van der Waals surface area contributed by atoms with Crippen LogP contribution < -0.4 is 10.2 Å². The number of hydrogen-bond donors (Lipinski definition) is 1. The highest BCUT2D eigenvalue weighted by Crippen LogP contribution is 2.24. The summed E-state index contributed by atoms with van der Waals surface area (Å²) in [5, 5.41) is 3.32. The average Bonchev–Trinajstić information content (AvgIpc) is 2.42. The standard InChI is InChI=1S/C14H13ClIN3O/c1-19(2)13-7-9(5-6-17-13)14(20)18-12-4-3-10(16)8-11(12)15/h3-8H,1-2H3,(H,18,20). The van der Waals surface area contributed by atoms with Crippen molar-refractivity contribution in [2.24, 2.45) is 0 Å². The van der Waals surface area contributed by atoms with Crippen molar-refractivity contribution in [3.63, 3.8) is 0 Å². The van der Waals surface area contributed by atoms with E-state index in [4.69, 9.17) is 11.6 Å². The van der Waals surface area contributed by atoms with E-state index in [1.807, 2.05) is 25.1 Å². The second-order valence-corrected chi connectivity index (χ2v) is 6.03. The molecule has 0 bridgehead atoms. The number of benzene rings is 1. The van der Waals surface area contributed by atoms with Gasteiger partial charge < -0.3 is 10.2 Å². The third kappa shape index (κ3) is 3.61. The first kappa shape index (κ1) is 15.1. The fourth-order valence-electron chi connectivity index (χ4n) is 1.59. The van der Waals surface area contributed by atoms with Gasteiger partial charge >= 0.3 is 0 Å². The Morgan fingerprint density at radius 3 is 2.70 bits per heavy atom. The summed E-state index contributed by atoms with van der Waals surface area (Å²) in [5.41, 5.74) is 1.14. The molecule has 1 aromatic carbocycles. The number of nitrogens with one attached hydrogen (secondary N) is 1. The van der Waals surface area contributed by atoms with Gasteiger partial charge in [-0.3, -0.25) is 4.79 Å². The summed E-state index contributed by atoms with van der Waals surface area (Å²) in [6, 6.07) is 8.88. The maximum atomic E-state index is 12.2. The molecule has 2 aromatic rings. The van der Waals surface area contributed by atoms with Crippen LogP contribution in [0.15, 0.2) is 36.5 Å². The molecule has 0 aliphatic rings. The monoisotopic (exact) mass is 401 g/mol. The predicted molar refractivity (Wildman–Crippen MR) is 90.7 cm³/mol. The third-order valence-electron chi connectivity index (χ3n) is 2.65. The van der Waals surface area contributed by atoms with Crippen molar-refractivity contribution in [2.45, 2.75) is 0 Å². The van der Waals surface area contributed by atoms with E-state index in [9.17, 15) is 4.79 Å². The Morgan fingerprint density at radius 1 is 1.30 bits per heavy atom. The van der Waals surface area contributed by atoms with Gasteiger partial charge in [0.2, 0.25) is 0 Å². The van der Waals surface area contributed by atoms with Crippen molar-refractivity contribution < 1.29 is 4.79 Å². The van der Waals surface area contributed by atoms with Crippen molar-refractivity contribution in [2.75, 3.05) is 24.3 Å². The number of anilines is 2. The number of carbonyl (C=O) groups excluding carboxylic acids is 1. The SMILES string of the molecule is CN(C)c1cc(C(=O)Nc2ccc(I)cc2Cl)ccn1. The number of carbonyl (C=O) groups is 1. The molecular formula is C14H13ClIN3O. The van der Waals surface area contributed by atoms with Gasteiger partial charge in [0.1, 0.15) is 5.82 Å². The highest BCUT2D eigenvalue weighted by atomic mass is 127. The Kier molecular flexibility index (Phi) is 4.82. The van der Waals surface area contributed by atoms with Crippen LogP contribution in [0.2, 0.25) is 5.02 Å². The molecule has 0 aliphatic carbocycles. The quantitative estimate of drug-likeness (QED) is 0.799. The fraction of sp³-hybridized carbons (Fsp3) is 0.143. The highest BCUT2D eigenvalue weighted by Gasteiger charge is 2.10. The smallest absolute Gasteiger partial charge is 0.255 e. The van der Waals surface area contributed by atoms with E-state index in [1.54, 1.807) is 30.5 Å². The Balaban J connectivity index is 2.21. The average molecular weight is 402 g/mol. The lowest BCUT2D eigenvalue weighted by Gasteiger charge is -2.12. The van der Waals surface area contributed by atoms with Crippen LogP contribution in [0, 0.1) is 3.57 Å². The van der Waals surface area contributed by atoms with Gasteiger partial charge in [-0.15, -0.1) is 0 Å². The first-order valence-electron chi connectivity index (χ1n) is 5.87. The summed E-state index contributed by atoms with van der Waals surface area (Å²) in [6.45, 7) is 0. The Labute approximate surface area is 136 Å². The fourth-order valence-corrected chi connectivity index (χ4v) is 2.49. The maximum Gasteiger partial charge on any atom is 0.255 e. The summed E-state index contributed by atoms with van der Waals surface area (Å²) < 4.78 is 1.02. The summed E-state index contributed by atoms with van der Waals surface area (Å²) in [6.07, 6.45) is 1.61. The molecule has 104 valence electrons. The number of rotatable bonds is 3. The van der Waals surface area contributed by atoms with Crippen LogP contribution in [-0.2, 0) is 0 Å². The second kappa shape index (κ2) is 6.41. The highest BCUT2D eigenvalue weighted by molar-refractivity contribution is 14.1. The summed E-state index contributed by atoms with van der Waals surface area (Å²) in [7, 11) is 3.75. The zero-order valence-corrected chi connectivity index (χ0v) is 13.9. The number of halogens is 2. The topological polar surface area (TPSA) is 45.2 Å². The summed E-state index contributed by atoms with van der Waals surface area (Å²) >= 11 is 8.27. The van der Waals surface area contributed by atoms with Crippen molar-refractivity contribution >= 4 is 51.6 Å². The third-order valence-corrected chi connectivity index (χ3v) is 3.63. The lowest BCUT2D eigenvalue weighted by molar-refractivity contribution is 0.102. The first-order chi connectivity index (χ1) is 9.47. The molecule has 0 saturated heterocycles. The number of amides is 1. The van der Waals surface area contributed by atoms with E-state index in [1.165, 1.54) is 0 Å². The van der Waals surface area contributed by atoms with E-state index >= 15 is 0 Å². The molecule has 0 saturated carbocycles. The molecule has 1 aromatic heterocycles. The molecule has 1 amide bonds. The van der Waals surface area contributed by atoms with E-state index in [0.717, 1.165) is 9.39 Å². The zero-order chi connectivity index (χ0) is 14.7. The van der Waals surface area contributed by atoms with Gasteiger partial charge in [0, 0.05) is 29.4 Å². The largest absolute Gasteiger partial charge is 0.363 e. The van der Waals surface area contributed by atoms with Crippen molar-refractivity contribution in [3.8, 4) is 0 Å². The molecule has 1 N–H and O–H groups in total. The maximum absolute atomic E-state index is 12.2. The molecule has 0 spiro atoms. The predicted octanol–water partition coefficient (Wildman–Crippen LogP) is 3.66. The molecule has 20 heavy (non-hydrogen) atoms. The van der Waals surface area contributed by atoms with Gasteiger partial charge in [0.25, 0.3) is 5.91 Å². The molecule has 1 heterocycles. The van der Waals surface area contributed by atoms with Gasteiger partial charge in [-0.05, 0) is 52.9 Å². The van der Waals surface area contributed by atoms with Crippen LogP contribution >= 0.6 is 34.2 Å². The molecule has 2 rings (SSSR count). The van der Waals surface area contributed by atoms with Gasteiger partial charge in [-0.25, -0.2) is 4.98 Å². The van der Waals surface area contributed by atoms with Crippen molar-refractivity contribution in [3.05, 3.63) is 50.7 Å². The molecule has 0 unspecified atom stereocenters. The van der Waals surface area contributed by atoms with Crippen LogP contribution in [0.1, 0.15) is 10.4 Å². The van der Waals surface area contributed by atoms with Crippen LogP contribution in [0.4, 0.5) is 11.5 Å². The van der Waals surface area contributed by atoms with Gasteiger partial charge in [0.05, 0.1) is 10.7 Å². The Bertz CT molecular complexity index is 646. The summed E-state index contributed by atoms with van der Waals surface area (Å²) in [4.78, 5) is 18.2. The van der Waals surface area contributed by atoms with E-state index in [2.05, 4.69) is 32.9 Å². The number of aromatic nitrogens is 1. The minimum Gasteiger partial charge on any atom is -0.363 e. The van der Waals surface area contributed by atoms with Crippen molar-refractivity contribution in [1.82, 2.24) is 4.98 Å². The molecule has 6 heteroatoms. The van der Waals surface area contributed by atoms with E-state index < -0.39 is 0 Å². The van der Waals surface area contributed by atoms with Crippen LogP contribution in [0.5, 0.6) is 0 Å². The van der Waals surface area contributed by atoms with Crippen LogP contribution in [0.3, 0.4) is 0 Å². The zero-order valence-electron chi connectivity index (χ0n) is 11.0. The van der Waals surface area contributed by atoms with Crippen molar-refractivity contribution in [1.29, 1.82) is 0 Å². The minimum atomic E-state index is -0.210. The minimum absolute atomic E-state index is 0.210. The van der Waals surface area contributed by atoms with E-state index in [0.29, 0.717) is 16.3 Å². The molecule has 0 fully saturated rings. The van der Waals surface area contributed by atoms with Crippen LogP contribution in [0.25, 0.3) is 0 Å². The lowest BCUT2D eigenvalue weighted by Crippen LogP contribution is -2.15. The molecule has 0 radical (unpaired) electrons. The lowest BCUT2D eigenvalue weighted by atomic mass is 10.2. The number of nitrogens with zero attached hydrogens (tertiary/aromatic N) is 2. The second-order valence-electron chi connectivity index (χ2n) is 4.38. The van der Waals surface area contributed by atoms with Crippen LogP contribution in [-0.4, -0.2) is 25.0 Å². The Hall–Kier alpha value is -1.34. The van der Waals surface area contributed by atoms with E-state index in [-0.39, 0.29) is 5.91 Å². The normalized spacial score (nSPS) is 10.2. The molecule has 0 aliphatic heterocycles. The molecular weight excluding hydrogens is 389 g/mol. The summed E-state index contributed by atoms with van der Waals surface area (Å²) in [5.74, 6) is 0.518.